The van der Waals surface area contributed by atoms with Crippen LogP contribution >= 0.6 is 15.9 Å². The minimum atomic E-state index is -1.58. The van der Waals surface area contributed by atoms with E-state index in [1.54, 1.807) is 0 Å². The molecule has 0 radical (unpaired) electrons. The zero-order valence-corrected chi connectivity index (χ0v) is 26.6. The van der Waals surface area contributed by atoms with E-state index in [4.69, 9.17) is 47.4 Å². The smallest absolute Gasteiger partial charge is 0.303 e. The van der Waals surface area contributed by atoms with Crippen LogP contribution in [-0.2, 0) is 80.9 Å². The first-order chi connectivity index (χ1) is 20.5. The van der Waals surface area contributed by atoms with E-state index < -0.39 is 115 Å². The summed E-state index contributed by atoms with van der Waals surface area (Å²) in [6.07, 6.45) is -12.5. The number of halogens is 1. The van der Waals surface area contributed by atoms with E-state index in [0.717, 1.165) is 48.5 Å². The van der Waals surface area contributed by atoms with Crippen LogP contribution in [0.3, 0.4) is 0 Å². The highest BCUT2D eigenvalue weighted by molar-refractivity contribution is 9.09. The second kappa shape index (κ2) is 16.6. The lowest BCUT2D eigenvalue weighted by molar-refractivity contribution is -0.317. The van der Waals surface area contributed by atoms with Crippen molar-refractivity contribution < 1.29 is 80.9 Å². The maximum Gasteiger partial charge on any atom is 0.303 e. The van der Waals surface area contributed by atoms with Gasteiger partial charge in [-0.25, -0.2) is 0 Å². The van der Waals surface area contributed by atoms with Crippen molar-refractivity contribution in [1.29, 1.82) is 0 Å². The summed E-state index contributed by atoms with van der Waals surface area (Å²) in [4.78, 5) is 83.3. The van der Waals surface area contributed by atoms with E-state index in [9.17, 15) is 33.6 Å². The topological polar surface area (TPSA) is 212 Å². The van der Waals surface area contributed by atoms with Gasteiger partial charge >= 0.3 is 41.8 Å². The van der Waals surface area contributed by atoms with E-state index in [2.05, 4.69) is 15.9 Å². The van der Waals surface area contributed by atoms with Crippen LogP contribution in [-0.4, -0.2) is 115 Å². The Hall–Kier alpha value is -3.35. The molecule has 2 heterocycles. The van der Waals surface area contributed by atoms with E-state index in [0.29, 0.717) is 0 Å². The van der Waals surface area contributed by atoms with Crippen molar-refractivity contribution in [2.45, 2.75) is 109 Å². The molecule has 44 heavy (non-hydrogen) atoms. The van der Waals surface area contributed by atoms with Gasteiger partial charge in [0.1, 0.15) is 18.8 Å². The number of ether oxygens (including phenoxy) is 10. The quantitative estimate of drug-likeness (QED) is 0.158. The first-order valence-corrected chi connectivity index (χ1v) is 14.1. The lowest BCUT2D eigenvalue weighted by atomic mass is 9.97. The van der Waals surface area contributed by atoms with Gasteiger partial charge in [0.25, 0.3) is 0 Å². The number of hydrogen-bond acceptors (Lipinski definition) is 17. The number of alkyl halides is 1. The molecule has 0 spiro atoms. The molecule has 0 aromatic rings. The summed E-state index contributed by atoms with van der Waals surface area (Å²) in [7, 11) is 0. The molecule has 0 saturated carbocycles. The highest BCUT2D eigenvalue weighted by atomic mass is 79.9. The molecule has 2 aliphatic rings. The van der Waals surface area contributed by atoms with Crippen molar-refractivity contribution in [1.82, 2.24) is 0 Å². The molecule has 2 saturated heterocycles. The van der Waals surface area contributed by atoms with Crippen LogP contribution in [0.15, 0.2) is 0 Å². The Morgan fingerprint density at radius 1 is 0.477 bits per heavy atom. The number of esters is 7. The summed E-state index contributed by atoms with van der Waals surface area (Å²) in [6.45, 7) is 6.61. The van der Waals surface area contributed by atoms with Gasteiger partial charge in [-0.1, -0.05) is 15.9 Å². The van der Waals surface area contributed by atoms with Crippen LogP contribution in [0.4, 0.5) is 0 Å². The fourth-order valence-electron chi connectivity index (χ4n) is 4.49. The van der Waals surface area contributed by atoms with Gasteiger partial charge in [-0.05, 0) is 0 Å². The van der Waals surface area contributed by atoms with Crippen LogP contribution in [0.5, 0.6) is 0 Å². The van der Waals surface area contributed by atoms with Gasteiger partial charge in [0.05, 0.1) is 6.61 Å². The third-order valence-electron chi connectivity index (χ3n) is 5.86. The Morgan fingerprint density at radius 3 is 1.27 bits per heavy atom. The molecule has 0 unspecified atom stereocenters. The molecule has 2 rings (SSSR count). The van der Waals surface area contributed by atoms with Crippen LogP contribution in [0.1, 0.15) is 48.5 Å². The van der Waals surface area contributed by atoms with Gasteiger partial charge in [-0.3, -0.25) is 33.6 Å². The average Bonchev–Trinajstić information content (AvgIpc) is 2.87. The van der Waals surface area contributed by atoms with E-state index in [1.807, 2.05) is 0 Å². The third kappa shape index (κ3) is 11.0. The second-order valence-corrected chi connectivity index (χ2v) is 10.6. The van der Waals surface area contributed by atoms with Gasteiger partial charge in [0, 0.05) is 48.5 Å². The van der Waals surface area contributed by atoms with Crippen molar-refractivity contribution in [2.75, 3.05) is 13.2 Å². The van der Waals surface area contributed by atoms with Crippen LogP contribution in [0.25, 0.3) is 0 Å². The molecule has 0 bridgehead atoms. The van der Waals surface area contributed by atoms with Gasteiger partial charge in [0.2, 0.25) is 0 Å². The predicted octanol–water partition coefficient (Wildman–Crippen LogP) is 0.00100. The minimum Gasteiger partial charge on any atom is -0.463 e. The summed E-state index contributed by atoms with van der Waals surface area (Å²) in [5.74, 6) is -5.55. The summed E-state index contributed by atoms with van der Waals surface area (Å²) in [5.41, 5.74) is 0. The zero-order valence-electron chi connectivity index (χ0n) is 25.0. The summed E-state index contributed by atoms with van der Waals surface area (Å²) in [6, 6.07) is 0. The Labute approximate surface area is 260 Å². The molecule has 248 valence electrons. The Kier molecular flexibility index (Phi) is 13.9. The molecule has 0 N–H and O–H groups in total. The maximum absolute atomic E-state index is 12.1. The van der Waals surface area contributed by atoms with Crippen molar-refractivity contribution in [3.8, 4) is 0 Å². The zero-order chi connectivity index (χ0) is 33.3. The summed E-state index contributed by atoms with van der Waals surface area (Å²) < 4.78 is 54.8. The van der Waals surface area contributed by atoms with E-state index >= 15 is 0 Å². The van der Waals surface area contributed by atoms with Crippen LogP contribution in [0.2, 0.25) is 0 Å². The minimum absolute atomic E-state index is 0.490. The number of rotatable bonds is 11. The number of hydrogen-bond donors (Lipinski definition) is 0. The Bertz CT molecular complexity index is 1090. The lowest BCUT2D eigenvalue weighted by Crippen LogP contribution is -2.64. The molecule has 10 atom stereocenters. The highest BCUT2D eigenvalue weighted by Crippen LogP contribution is 2.34. The lowest BCUT2D eigenvalue weighted by Gasteiger charge is -2.45. The van der Waals surface area contributed by atoms with Gasteiger partial charge in [-0.2, -0.15) is 0 Å². The van der Waals surface area contributed by atoms with Gasteiger partial charge in [0.15, 0.2) is 47.9 Å². The van der Waals surface area contributed by atoms with Gasteiger partial charge in [-0.15, -0.1) is 0 Å². The van der Waals surface area contributed by atoms with Crippen molar-refractivity contribution in [3.63, 3.8) is 0 Å². The Morgan fingerprint density at radius 2 is 0.841 bits per heavy atom. The molecule has 0 aromatic carbocycles. The highest BCUT2D eigenvalue weighted by Gasteiger charge is 2.55. The fourth-order valence-corrected chi connectivity index (χ4v) is 5.17. The van der Waals surface area contributed by atoms with Crippen molar-refractivity contribution in [3.05, 3.63) is 0 Å². The molecule has 0 amide bonds. The largest absolute Gasteiger partial charge is 0.463 e. The Balaban J connectivity index is 2.48. The third-order valence-corrected chi connectivity index (χ3v) is 6.59. The molecular formula is C26H35BrO17. The summed E-state index contributed by atoms with van der Waals surface area (Å²) >= 11 is 3.23. The molecule has 0 aromatic heterocycles. The SMILES string of the molecule is CC(=O)OC[C@H]1O[C@H](OC[C@H]2O[C@@H](Br)[C@H](OC(C)=O)[C@@H](OC(C)=O)[C@@H]2OC(C)=O)[C@H](OC(C)=O)[C@@H](OC(C)=O)[C@H]1OC(C)=O. The first kappa shape index (κ1) is 36.8. The van der Waals surface area contributed by atoms with Crippen LogP contribution < -0.4 is 0 Å². The normalized spacial score (nSPS) is 31.5. The van der Waals surface area contributed by atoms with Gasteiger partial charge < -0.3 is 47.4 Å². The standard InChI is InChI=1S/C26H35BrO17/c1-10(28)35-8-18-20(38-12(3)30)22(40-14(5)32)24(42-16(7)34)26(44-18)36-9-17-19(37-11(2)29)21(39-13(4)31)23(25(27)43-17)41-15(6)33/h17-26H,8-9H2,1-7H3/t17-,18-,19-,20+,21+,22+,23-,24-,25-,26+/m1/s1. The molecule has 17 nitrogen and oxygen atoms in total. The molecule has 2 fully saturated rings. The first-order valence-electron chi connectivity index (χ1n) is 13.2. The number of carbonyl (C=O) groups is 7. The van der Waals surface area contributed by atoms with Crippen molar-refractivity contribution in [2.24, 2.45) is 0 Å². The predicted molar refractivity (Wildman–Crippen MR) is 142 cm³/mol. The molecule has 0 aliphatic carbocycles. The monoisotopic (exact) mass is 698 g/mol. The molecule has 18 heteroatoms. The molecular weight excluding hydrogens is 664 g/mol. The molecule has 2 aliphatic heterocycles. The van der Waals surface area contributed by atoms with Crippen LogP contribution in [0, 0.1) is 0 Å². The summed E-state index contributed by atoms with van der Waals surface area (Å²) in [5, 5.41) is -1.09. The maximum atomic E-state index is 12.1. The van der Waals surface area contributed by atoms with E-state index in [1.165, 1.54) is 0 Å². The average molecular weight is 699 g/mol. The fraction of sp³-hybridized carbons (Fsp3) is 0.731. The van der Waals surface area contributed by atoms with E-state index in [-0.39, 0.29) is 0 Å². The second-order valence-electron chi connectivity index (χ2n) is 9.65. The van der Waals surface area contributed by atoms with Crippen molar-refractivity contribution >= 4 is 57.7 Å². The number of carbonyl (C=O) groups excluding carboxylic acids is 7.